The van der Waals surface area contributed by atoms with Gasteiger partial charge in [-0.1, -0.05) is 60.7 Å². The second-order valence-corrected chi connectivity index (χ2v) is 6.57. The van der Waals surface area contributed by atoms with Gasteiger partial charge in [-0.25, -0.2) is 0 Å². The quantitative estimate of drug-likeness (QED) is 0.564. The summed E-state index contributed by atoms with van der Waals surface area (Å²) in [4.78, 5) is 12.6. The van der Waals surface area contributed by atoms with Gasteiger partial charge in [-0.2, -0.15) is 0 Å². The van der Waals surface area contributed by atoms with Gasteiger partial charge in [-0.3, -0.25) is 4.79 Å². The topological polar surface area (TPSA) is 38.3 Å². The van der Waals surface area contributed by atoms with Crippen molar-refractivity contribution in [3.63, 3.8) is 0 Å². The maximum absolute atomic E-state index is 12.6. The second kappa shape index (κ2) is 9.70. The highest BCUT2D eigenvalue weighted by molar-refractivity contribution is 5.99. The Hall–Kier alpha value is -2.91. The third-order valence-electron chi connectivity index (χ3n) is 4.49. The second-order valence-electron chi connectivity index (χ2n) is 6.57. The highest BCUT2D eigenvalue weighted by atomic mass is 16.5. The summed E-state index contributed by atoms with van der Waals surface area (Å²) in [5, 5.41) is 3.31. The van der Waals surface area contributed by atoms with Crippen LogP contribution in [-0.2, 0) is 13.0 Å². The molecule has 27 heavy (non-hydrogen) atoms. The van der Waals surface area contributed by atoms with Crippen LogP contribution < -0.4 is 10.1 Å². The van der Waals surface area contributed by atoms with Gasteiger partial charge < -0.3 is 10.1 Å². The fourth-order valence-corrected chi connectivity index (χ4v) is 2.88. The minimum Gasteiger partial charge on any atom is -0.489 e. The molecule has 0 radical (unpaired) electrons. The van der Waals surface area contributed by atoms with Crippen LogP contribution in [0.5, 0.6) is 5.75 Å². The van der Waals surface area contributed by atoms with E-state index in [0.717, 1.165) is 24.3 Å². The molecular weight excluding hydrogens is 334 g/mol. The van der Waals surface area contributed by atoms with Crippen molar-refractivity contribution in [3.8, 4) is 5.75 Å². The summed E-state index contributed by atoms with van der Waals surface area (Å²) >= 11 is 0. The van der Waals surface area contributed by atoms with E-state index in [0.29, 0.717) is 12.2 Å². The molecule has 3 aromatic rings. The first kappa shape index (κ1) is 18.9. The van der Waals surface area contributed by atoms with Gasteiger partial charge in [-0.15, -0.1) is 0 Å². The zero-order valence-electron chi connectivity index (χ0n) is 15.6. The maximum Gasteiger partial charge on any atom is 0.179 e. The molecule has 0 amide bonds. The molecule has 3 aromatic carbocycles. The van der Waals surface area contributed by atoms with Crippen LogP contribution in [0, 0.1) is 0 Å². The van der Waals surface area contributed by atoms with Crippen molar-refractivity contribution in [1.82, 2.24) is 5.32 Å². The van der Waals surface area contributed by atoms with Crippen LogP contribution in [0.2, 0.25) is 0 Å². The lowest BCUT2D eigenvalue weighted by molar-refractivity contribution is 0.0951. The van der Waals surface area contributed by atoms with Crippen LogP contribution in [0.4, 0.5) is 0 Å². The number of Topliss-reactive ketones (excluding diaryl/α,β-unsaturated/α-hetero) is 1. The molecule has 1 N–H and O–H groups in total. The van der Waals surface area contributed by atoms with Crippen LogP contribution in [0.15, 0.2) is 84.9 Å². The Kier molecular flexibility index (Phi) is 6.78. The standard InChI is InChI=1S/C24H25NO2/c1-19(25-17-16-20-8-4-2-5-9-20)24(26)22-12-14-23(15-13-22)27-18-21-10-6-3-7-11-21/h2-15,19,25H,16-18H2,1H3. The molecule has 3 rings (SSSR count). The number of benzene rings is 3. The van der Waals surface area contributed by atoms with Gasteiger partial charge in [0.15, 0.2) is 5.78 Å². The first-order valence-corrected chi connectivity index (χ1v) is 9.31. The summed E-state index contributed by atoms with van der Waals surface area (Å²) in [5.74, 6) is 0.859. The molecule has 138 valence electrons. The molecule has 0 heterocycles. The van der Waals surface area contributed by atoms with Crippen molar-refractivity contribution in [1.29, 1.82) is 0 Å². The van der Waals surface area contributed by atoms with E-state index in [2.05, 4.69) is 17.4 Å². The van der Waals surface area contributed by atoms with E-state index in [4.69, 9.17) is 4.74 Å². The van der Waals surface area contributed by atoms with Crippen LogP contribution in [0.3, 0.4) is 0 Å². The van der Waals surface area contributed by atoms with Crippen molar-refractivity contribution in [2.45, 2.75) is 26.0 Å². The molecule has 3 nitrogen and oxygen atoms in total. The Labute approximate surface area is 161 Å². The number of ether oxygens (including phenoxy) is 1. The molecule has 0 aromatic heterocycles. The van der Waals surface area contributed by atoms with Crippen LogP contribution in [0.1, 0.15) is 28.4 Å². The lowest BCUT2D eigenvalue weighted by Gasteiger charge is -2.13. The van der Waals surface area contributed by atoms with E-state index in [9.17, 15) is 4.79 Å². The summed E-state index contributed by atoms with van der Waals surface area (Å²) < 4.78 is 5.77. The highest BCUT2D eigenvalue weighted by Crippen LogP contribution is 2.15. The average Bonchev–Trinajstić information content (AvgIpc) is 2.73. The molecule has 3 heteroatoms. The van der Waals surface area contributed by atoms with Crippen molar-refractivity contribution >= 4 is 5.78 Å². The molecule has 0 bridgehead atoms. The number of rotatable bonds is 9. The number of carbonyl (C=O) groups is 1. The van der Waals surface area contributed by atoms with Crippen molar-refractivity contribution in [2.75, 3.05) is 6.54 Å². The predicted molar refractivity (Wildman–Crippen MR) is 109 cm³/mol. The van der Waals surface area contributed by atoms with Gasteiger partial charge in [0, 0.05) is 5.56 Å². The fourth-order valence-electron chi connectivity index (χ4n) is 2.88. The van der Waals surface area contributed by atoms with Crippen molar-refractivity contribution in [2.24, 2.45) is 0 Å². The van der Waals surface area contributed by atoms with E-state index < -0.39 is 0 Å². The van der Waals surface area contributed by atoms with Crippen molar-refractivity contribution in [3.05, 3.63) is 102 Å². The third kappa shape index (κ3) is 5.80. The van der Waals surface area contributed by atoms with E-state index >= 15 is 0 Å². The van der Waals surface area contributed by atoms with E-state index in [1.807, 2.05) is 79.7 Å². The predicted octanol–water partition coefficient (Wildman–Crippen LogP) is 4.67. The number of hydrogen-bond donors (Lipinski definition) is 1. The van der Waals surface area contributed by atoms with Crippen LogP contribution in [0.25, 0.3) is 0 Å². The van der Waals surface area contributed by atoms with E-state index in [1.165, 1.54) is 5.56 Å². The number of nitrogens with one attached hydrogen (secondary N) is 1. The Morgan fingerprint density at radius 2 is 1.44 bits per heavy atom. The first-order chi connectivity index (χ1) is 13.2. The van der Waals surface area contributed by atoms with Gasteiger partial charge in [0.25, 0.3) is 0 Å². The van der Waals surface area contributed by atoms with E-state index in [1.54, 1.807) is 0 Å². The minimum atomic E-state index is -0.218. The maximum atomic E-state index is 12.6. The SMILES string of the molecule is CC(NCCc1ccccc1)C(=O)c1ccc(OCc2ccccc2)cc1. The van der Waals surface area contributed by atoms with Gasteiger partial charge in [0.05, 0.1) is 6.04 Å². The van der Waals surface area contributed by atoms with E-state index in [-0.39, 0.29) is 11.8 Å². The van der Waals surface area contributed by atoms with Gasteiger partial charge in [0.1, 0.15) is 12.4 Å². The van der Waals surface area contributed by atoms with Gasteiger partial charge in [0.2, 0.25) is 0 Å². The molecule has 0 saturated carbocycles. The summed E-state index contributed by atoms with van der Waals surface area (Å²) in [6.45, 7) is 3.20. The largest absolute Gasteiger partial charge is 0.489 e. The van der Waals surface area contributed by atoms with Gasteiger partial charge >= 0.3 is 0 Å². The van der Waals surface area contributed by atoms with Gasteiger partial charge in [-0.05, 0) is 55.3 Å². The molecule has 1 unspecified atom stereocenters. The summed E-state index contributed by atoms with van der Waals surface area (Å²) in [7, 11) is 0. The Morgan fingerprint density at radius 3 is 2.07 bits per heavy atom. The highest BCUT2D eigenvalue weighted by Gasteiger charge is 2.14. The smallest absolute Gasteiger partial charge is 0.179 e. The summed E-state index contributed by atoms with van der Waals surface area (Å²) in [6, 6.07) is 27.5. The van der Waals surface area contributed by atoms with Crippen molar-refractivity contribution < 1.29 is 9.53 Å². The first-order valence-electron chi connectivity index (χ1n) is 9.31. The fraction of sp³-hybridized carbons (Fsp3) is 0.208. The lowest BCUT2D eigenvalue weighted by Crippen LogP contribution is -2.35. The minimum absolute atomic E-state index is 0.0951. The molecule has 0 aliphatic rings. The molecule has 0 aliphatic carbocycles. The summed E-state index contributed by atoms with van der Waals surface area (Å²) in [5.41, 5.74) is 3.08. The molecule has 0 aliphatic heterocycles. The zero-order valence-corrected chi connectivity index (χ0v) is 15.6. The Bertz CT molecular complexity index is 829. The Balaban J connectivity index is 1.47. The average molecular weight is 359 g/mol. The Morgan fingerprint density at radius 1 is 0.852 bits per heavy atom. The monoisotopic (exact) mass is 359 g/mol. The normalized spacial score (nSPS) is 11.7. The molecule has 0 fully saturated rings. The molecule has 1 atom stereocenters. The van der Waals surface area contributed by atoms with Crippen LogP contribution >= 0.6 is 0 Å². The van der Waals surface area contributed by atoms with Crippen LogP contribution in [-0.4, -0.2) is 18.4 Å². The number of carbonyl (C=O) groups excluding carboxylic acids is 1. The molecule has 0 saturated heterocycles. The number of ketones is 1. The lowest BCUT2D eigenvalue weighted by atomic mass is 10.0. The molecular formula is C24H25NO2. The number of hydrogen-bond acceptors (Lipinski definition) is 3. The summed E-state index contributed by atoms with van der Waals surface area (Å²) in [6.07, 6.45) is 0.907. The third-order valence-corrected chi connectivity index (χ3v) is 4.49. The molecule has 0 spiro atoms. The zero-order chi connectivity index (χ0) is 18.9.